The van der Waals surface area contributed by atoms with Crippen molar-refractivity contribution in [2.24, 2.45) is 0 Å². The van der Waals surface area contributed by atoms with Crippen molar-refractivity contribution in [3.8, 4) is 0 Å². The minimum Gasteiger partial charge on any atom is -0.356 e. The number of hydrogen-bond donors (Lipinski definition) is 1. The molecule has 1 aromatic heterocycles. The molecule has 1 N–H and O–H groups in total. The normalized spacial score (nSPS) is 15.5. The van der Waals surface area contributed by atoms with Crippen molar-refractivity contribution in [1.29, 1.82) is 0 Å². The molecule has 0 unspecified atom stereocenters. The second-order valence-corrected chi connectivity index (χ2v) is 7.00. The molecule has 2 aromatic rings. The Kier molecular flexibility index (Phi) is 5.82. The predicted molar refractivity (Wildman–Crippen MR) is 98.4 cm³/mol. The fourth-order valence-corrected chi connectivity index (χ4v) is 3.62. The van der Waals surface area contributed by atoms with Gasteiger partial charge in [0.25, 0.3) is 0 Å². The number of nitrogens with one attached hydrogen (secondary N) is 1. The second-order valence-electron chi connectivity index (χ2n) is 6.13. The number of anilines is 1. The smallest absolute Gasteiger partial charge is 0.216 e. The summed E-state index contributed by atoms with van der Waals surface area (Å²) in [7, 11) is 0. The number of hydrogen-bond acceptors (Lipinski definition) is 5. The lowest BCUT2D eigenvalue weighted by atomic mass is 10.1. The van der Waals surface area contributed by atoms with Crippen molar-refractivity contribution < 1.29 is 4.79 Å². The Labute approximate surface area is 147 Å². The van der Waals surface area contributed by atoms with Crippen LogP contribution in [0.4, 0.5) is 5.13 Å². The third-order valence-corrected chi connectivity index (χ3v) is 5.11. The van der Waals surface area contributed by atoms with E-state index in [-0.39, 0.29) is 5.91 Å². The maximum absolute atomic E-state index is 10.9. The number of piperazine rings is 1. The molecule has 1 aliphatic heterocycles. The number of carbonyl (C=O) groups excluding carboxylic acids is 1. The van der Waals surface area contributed by atoms with Gasteiger partial charge >= 0.3 is 0 Å². The van der Waals surface area contributed by atoms with Crippen molar-refractivity contribution in [2.45, 2.75) is 19.9 Å². The lowest BCUT2D eigenvalue weighted by Crippen LogP contribution is -2.45. The van der Waals surface area contributed by atoms with Gasteiger partial charge in [0, 0.05) is 57.8 Å². The summed E-state index contributed by atoms with van der Waals surface area (Å²) in [5.41, 5.74) is 2.61. The first-order valence-electron chi connectivity index (χ1n) is 8.40. The molecule has 0 radical (unpaired) electrons. The average Bonchev–Trinajstić information content (AvgIpc) is 3.11. The van der Waals surface area contributed by atoms with Crippen LogP contribution in [0.25, 0.3) is 0 Å². The molecule has 2 heterocycles. The monoisotopic (exact) mass is 344 g/mol. The largest absolute Gasteiger partial charge is 0.356 e. The quantitative estimate of drug-likeness (QED) is 0.872. The summed E-state index contributed by atoms with van der Waals surface area (Å²) >= 11 is 1.71. The van der Waals surface area contributed by atoms with Crippen molar-refractivity contribution in [3.63, 3.8) is 0 Å². The van der Waals surface area contributed by atoms with Crippen molar-refractivity contribution in [2.75, 3.05) is 37.6 Å². The number of aromatic nitrogens is 1. The molecule has 0 aliphatic carbocycles. The second kappa shape index (κ2) is 8.26. The van der Waals surface area contributed by atoms with Crippen molar-refractivity contribution in [3.05, 3.63) is 47.0 Å². The Morgan fingerprint density at radius 2 is 1.88 bits per heavy atom. The summed E-state index contributed by atoms with van der Waals surface area (Å²) in [5, 5.41) is 6.01. The molecule has 1 aromatic carbocycles. The summed E-state index contributed by atoms with van der Waals surface area (Å²) in [4.78, 5) is 20.1. The molecule has 1 fully saturated rings. The summed E-state index contributed by atoms with van der Waals surface area (Å²) in [5.74, 6) is 0.0310. The lowest BCUT2D eigenvalue weighted by Gasteiger charge is -2.34. The molecule has 1 aliphatic rings. The van der Waals surface area contributed by atoms with E-state index in [1.165, 1.54) is 11.1 Å². The Hall–Kier alpha value is -1.92. The first-order chi connectivity index (χ1) is 11.7. The Balaban J connectivity index is 1.44. The zero-order valence-electron chi connectivity index (χ0n) is 14.1. The fourth-order valence-electron chi connectivity index (χ4n) is 2.92. The zero-order valence-corrected chi connectivity index (χ0v) is 14.9. The summed E-state index contributed by atoms with van der Waals surface area (Å²) in [6, 6.07) is 8.75. The number of nitrogens with zero attached hydrogens (tertiary/aromatic N) is 3. The van der Waals surface area contributed by atoms with Gasteiger partial charge in [-0.05, 0) is 17.5 Å². The van der Waals surface area contributed by atoms with Crippen LogP contribution in [0.2, 0.25) is 0 Å². The highest BCUT2D eigenvalue weighted by Gasteiger charge is 2.18. The standard InChI is InChI=1S/C18H24N4OS/c1-15(23)19-7-6-16-2-4-17(5-3-16)14-21-9-11-22(12-10-21)18-20-8-13-24-18/h2-5,8,13H,6-7,9-12,14H2,1H3,(H,19,23). The van der Waals surface area contributed by atoms with Crippen molar-refractivity contribution >= 4 is 22.4 Å². The van der Waals surface area contributed by atoms with Gasteiger partial charge in [-0.15, -0.1) is 11.3 Å². The molecule has 5 nitrogen and oxygen atoms in total. The molecule has 1 amide bonds. The summed E-state index contributed by atoms with van der Waals surface area (Å²) < 4.78 is 0. The molecule has 3 rings (SSSR count). The topological polar surface area (TPSA) is 48.5 Å². The lowest BCUT2D eigenvalue weighted by molar-refractivity contribution is -0.118. The number of thiazole rings is 1. The molecular weight excluding hydrogens is 320 g/mol. The van der Waals surface area contributed by atoms with Gasteiger partial charge in [0.15, 0.2) is 5.13 Å². The first kappa shape index (κ1) is 16.9. The van der Waals surface area contributed by atoms with Crippen LogP contribution in [-0.4, -0.2) is 48.5 Å². The van der Waals surface area contributed by atoms with E-state index < -0.39 is 0 Å². The van der Waals surface area contributed by atoms with Gasteiger partial charge in [-0.1, -0.05) is 24.3 Å². The number of carbonyl (C=O) groups is 1. The first-order valence-corrected chi connectivity index (χ1v) is 9.28. The van der Waals surface area contributed by atoms with Gasteiger partial charge in [0.05, 0.1) is 0 Å². The van der Waals surface area contributed by atoms with E-state index in [1.54, 1.807) is 18.3 Å². The third kappa shape index (κ3) is 4.79. The van der Waals surface area contributed by atoms with Gasteiger partial charge in [-0.25, -0.2) is 4.98 Å². The van der Waals surface area contributed by atoms with E-state index in [1.807, 2.05) is 11.6 Å². The summed E-state index contributed by atoms with van der Waals surface area (Å²) in [6.07, 6.45) is 2.76. The van der Waals surface area contributed by atoms with E-state index in [0.717, 1.165) is 44.3 Å². The average molecular weight is 344 g/mol. The van der Waals surface area contributed by atoms with Crippen LogP contribution in [0.5, 0.6) is 0 Å². The van der Waals surface area contributed by atoms with Crippen LogP contribution in [0.3, 0.4) is 0 Å². The Bertz CT molecular complexity index is 634. The SMILES string of the molecule is CC(=O)NCCc1ccc(CN2CCN(c3nccs3)CC2)cc1. The fraction of sp³-hybridized carbons (Fsp3) is 0.444. The maximum Gasteiger partial charge on any atom is 0.216 e. The molecule has 128 valence electrons. The van der Waals surface area contributed by atoms with Gasteiger partial charge in [-0.3, -0.25) is 9.69 Å². The predicted octanol–water partition coefficient (Wildman–Crippen LogP) is 2.14. The number of benzene rings is 1. The molecular formula is C18H24N4OS. The zero-order chi connectivity index (χ0) is 16.8. The molecule has 0 atom stereocenters. The van der Waals surface area contributed by atoms with Crippen molar-refractivity contribution in [1.82, 2.24) is 15.2 Å². The molecule has 0 saturated carbocycles. The molecule has 24 heavy (non-hydrogen) atoms. The van der Waals surface area contributed by atoms with Gasteiger partial charge in [-0.2, -0.15) is 0 Å². The third-order valence-electron chi connectivity index (χ3n) is 4.28. The van der Waals surface area contributed by atoms with E-state index in [0.29, 0.717) is 6.54 Å². The van der Waals surface area contributed by atoms with Gasteiger partial charge in [0.2, 0.25) is 5.91 Å². The number of rotatable bonds is 6. The van der Waals surface area contributed by atoms with Gasteiger partial charge < -0.3 is 10.2 Å². The molecule has 6 heteroatoms. The van der Waals surface area contributed by atoms with Crippen LogP contribution in [0.15, 0.2) is 35.8 Å². The minimum absolute atomic E-state index is 0.0310. The molecule has 0 bridgehead atoms. The number of amides is 1. The highest BCUT2D eigenvalue weighted by atomic mass is 32.1. The highest BCUT2D eigenvalue weighted by molar-refractivity contribution is 7.13. The Morgan fingerprint density at radius 1 is 1.17 bits per heavy atom. The van der Waals surface area contributed by atoms with E-state index in [9.17, 15) is 4.79 Å². The highest BCUT2D eigenvalue weighted by Crippen LogP contribution is 2.19. The van der Waals surface area contributed by atoms with E-state index >= 15 is 0 Å². The maximum atomic E-state index is 10.9. The van der Waals surface area contributed by atoms with Crippen LogP contribution in [0, 0.1) is 0 Å². The van der Waals surface area contributed by atoms with Crippen LogP contribution < -0.4 is 10.2 Å². The summed E-state index contributed by atoms with van der Waals surface area (Å²) in [6.45, 7) is 7.49. The molecule has 0 spiro atoms. The van der Waals surface area contributed by atoms with Crippen LogP contribution in [0.1, 0.15) is 18.1 Å². The minimum atomic E-state index is 0.0310. The van der Waals surface area contributed by atoms with E-state index in [4.69, 9.17) is 0 Å². The van der Waals surface area contributed by atoms with Crippen LogP contribution >= 0.6 is 11.3 Å². The molecule has 1 saturated heterocycles. The Morgan fingerprint density at radius 3 is 2.50 bits per heavy atom. The van der Waals surface area contributed by atoms with Gasteiger partial charge in [0.1, 0.15) is 0 Å². The van der Waals surface area contributed by atoms with E-state index in [2.05, 4.69) is 44.4 Å². The van der Waals surface area contributed by atoms with Crippen LogP contribution in [-0.2, 0) is 17.8 Å².